The SMILES string of the molecule is CCCCCC12CCC(CCCCC)(CC1)C21c2cc(-c3ccc(OCCCCCCCOC(=O)/C=C/C(=O)OCCOC(C)=O)cc3)ccc2-c2ccc(-c3ccc(-c4ccc(C)cc4)cc3)cc21. The molecule has 368 valence electrons. The van der Waals surface area contributed by atoms with E-state index in [1.165, 1.54) is 134 Å². The number of rotatable bonds is 25. The molecule has 0 heterocycles. The number of hydrogen-bond donors (Lipinski definition) is 0. The molecule has 3 aliphatic rings. The number of hydrogen-bond acceptors (Lipinski definition) is 7. The molecule has 0 saturated heterocycles. The van der Waals surface area contributed by atoms with Gasteiger partial charge in [-0.15, -0.1) is 0 Å². The monoisotopic (exact) mass is 943 g/mol. The lowest BCUT2D eigenvalue weighted by Gasteiger charge is -2.48. The Hall–Kier alpha value is -5.95. The van der Waals surface area contributed by atoms with Crippen LogP contribution in [0.25, 0.3) is 44.5 Å². The third kappa shape index (κ3) is 10.8. The summed E-state index contributed by atoms with van der Waals surface area (Å²) in [5.74, 6) is -0.847. The first kappa shape index (κ1) is 50.4. The quantitative estimate of drug-likeness (QED) is 0.0249. The molecule has 2 bridgehead atoms. The second kappa shape index (κ2) is 23.3. The van der Waals surface area contributed by atoms with Crippen molar-refractivity contribution in [3.05, 3.63) is 138 Å². The molecular weight excluding hydrogens is 869 g/mol. The van der Waals surface area contributed by atoms with Crippen LogP contribution in [0.4, 0.5) is 0 Å². The highest BCUT2D eigenvalue weighted by molar-refractivity contribution is 5.92. The van der Waals surface area contributed by atoms with Gasteiger partial charge in [0.05, 0.1) is 13.2 Å². The Bertz CT molecular complexity index is 2550. The van der Waals surface area contributed by atoms with Gasteiger partial charge >= 0.3 is 17.9 Å². The highest BCUT2D eigenvalue weighted by atomic mass is 16.6. The maximum absolute atomic E-state index is 11.9. The van der Waals surface area contributed by atoms with E-state index in [1.54, 1.807) is 11.1 Å². The van der Waals surface area contributed by atoms with Crippen molar-refractivity contribution in [2.24, 2.45) is 10.8 Å². The van der Waals surface area contributed by atoms with Gasteiger partial charge in [0.2, 0.25) is 0 Å². The van der Waals surface area contributed by atoms with Crippen LogP contribution >= 0.6 is 0 Å². The molecule has 3 aliphatic carbocycles. The van der Waals surface area contributed by atoms with Crippen LogP contribution in [0.2, 0.25) is 0 Å². The molecule has 1 spiro atoms. The largest absolute Gasteiger partial charge is 0.494 e. The van der Waals surface area contributed by atoms with Crippen LogP contribution in [-0.4, -0.2) is 44.3 Å². The zero-order chi connectivity index (χ0) is 49.0. The normalized spacial score (nSPS) is 19.6. The maximum atomic E-state index is 11.9. The zero-order valence-corrected chi connectivity index (χ0v) is 42.3. The molecule has 70 heavy (non-hydrogen) atoms. The number of benzene rings is 5. The van der Waals surface area contributed by atoms with Crippen molar-refractivity contribution in [3.8, 4) is 50.3 Å². The summed E-state index contributed by atoms with van der Waals surface area (Å²) in [5, 5.41) is 0. The second-order valence-corrected chi connectivity index (χ2v) is 20.3. The van der Waals surface area contributed by atoms with E-state index in [0.717, 1.165) is 50.0 Å². The number of carbonyl (C=O) groups excluding carboxylic acids is 3. The van der Waals surface area contributed by atoms with Crippen LogP contribution in [0.3, 0.4) is 0 Å². The van der Waals surface area contributed by atoms with Crippen molar-refractivity contribution in [2.75, 3.05) is 26.4 Å². The minimum absolute atomic E-state index is 0.0160. The molecule has 5 aromatic rings. The summed E-state index contributed by atoms with van der Waals surface area (Å²) < 4.78 is 21.0. The Morgan fingerprint density at radius 3 is 1.39 bits per heavy atom. The number of aryl methyl sites for hydroxylation is 1. The van der Waals surface area contributed by atoms with Gasteiger partial charge in [0.25, 0.3) is 0 Å². The van der Waals surface area contributed by atoms with Crippen LogP contribution in [0.15, 0.2) is 121 Å². The summed E-state index contributed by atoms with van der Waals surface area (Å²) in [5.41, 5.74) is 15.5. The minimum atomic E-state index is -0.695. The Balaban J connectivity index is 0.945. The fourth-order valence-corrected chi connectivity index (χ4v) is 12.6. The average molecular weight is 943 g/mol. The number of esters is 3. The Kier molecular flexibility index (Phi) is 16.8. The molecule has 0 radical (unpaired) electrons. The van der Waals surface area contributed by atoms with Crippen molar-refractivity contribution in [1.82, 2.24) is 0 Å². The standard InChI is InChI=1S/C63H74O7/c1-5-7-12-34-61-36-38-62(39-37-61,35-13-8-6-2)63(61)57-44-52(50-22-20-49(21-23-50)48-18-16-46(3)17-19-48)26-30-55(57)56-31-27-53(45-58(56)63)51-24-28-54(29-25-51)68-40-14-10-9-11-15-41-69-59(65)32-33-60(66)70-43-42-67-47(4)64/h16-33,44-45H,5-15,34-43H2,1-4H3/b33-32+. The summed E-state index contributed by atoms with van der Waals surface area (Å²) in [6.45, 7) is 8.96. The van der Waals surface area contributed by atoms with E-state index in [9.17, 15) is 14.4 Å². The van der Waals surface area contributed by atoms with Crippen molar-refractivity contribution >= 4 is 17.9 Å². The van der Waals surface area contributed by atoms with Gasteiger partial charge < -0.3 is 18.9 Å². The van der Waals surface area contributed by atoms with Gasteiger partial charge in [0, 0.05) is 24.5 Å². The Morgan fingerprint density at radius 1 is 0.471 bits per heavy atom. The van der Waals surface area contributed by atoms with E-state index in [2.05, 4.69) is 130 Å². The molecule has 8 rings (SSSR count). The number of unbranched alkanes of at least 4 members (excludes halogenated alkanes) is 8. The molecule has 0 aromatic heterocycles. The Labute approximate surface area is 417 Å². The van der Waals surface area contributed by atoms with Crippen molar-refractivity contribution < 1.29 is 33.3 Å². The lowest BCUT2D eigenvalue weighted by atomic mass is 9.54. The highest BCUT2D eigenvalue weighted by Crippen LogP contribution is 2.81. The second-order valence-electron chi connectivity index (χ2n) is 20.3. The predicted octanol–water partition coefficient (Wildman–Crippen LogP) is 15.5. The van der Waals surface area contributed by atoms with E-state index in [-0.39, 0.29) is 36.1 Å². The van der Waals surface area contributed by atoms with Crippen LogP contribution in [-0.2, 0) is 34.0 Å². The molecule has 0 unspecified atom stereocenters. The fraction of sp³-hybridized carbons (Fsp3) is 0.444. The number of carbonyl (C=O) groups is 3. The molecule has 7 heteroatoms. The van der Waals surface area contributed by atoms with E-state index < -0.39 is 17.9 Å². The fourth-order valence-electron chi connectivity index (χ4n) is 12.6. The lowest BCUT2D eigenvalue weighted by molar-refractivity contribution is -0.148. The molecule has 2 saturated carbocycles. The van der Waals surface area contributed by atoms with Crippen LogP contribution in [0.1, 0.15) is 147 Å². The van der Waals surface area contributed by atoms with Crippen molar-refractivity contribution in [2.45, 2.75) is 142 Å². The molecule has 5 aromatic carbocycles. The summed E-state index contributed by atoms with van der Waals surface area (Å²) in [6.07, 6.45) is 22.3. The van der Waals surface area contributed by atoms with Gasteiger partial charge in [0.1, 0.15) is 19.0 Å². The van der Waals surface area contributed by atoms with Gasteiger partial charge in [-0.3, -0.25) is 4.79 Å². The van der Waals surface area contributed by atoms with E-state index in [4.69, 9.17) is 18.9 Å². The molecular formula is C63H74O7. The minimum Gasteiger partial charge on any atom is -0.494 e. The van der Waals surface area contributed by atoms with Gasteiger partial charge in [-0.05, 0) is 149 Å². The molecule has 0 amide bonds. The lowest BCUT2D eigenvalue weighted by Crippen LogP contribution is -2.45. The summed E-state index contributed by atoms with van der Waals surface area (Å²) in [7, 11) is 0. The van der Waals surface area contributed by atoms with Crippen molar-refractivity contribution in [1.29, 1.82) is 0 Å². The zero-order valence-electron chi connectivity index (χ0n) is 42.3. The Morgan fingerprint density at radius 2 is 0.886 bits per heavy atom. The van der Waals surface area contributed by atoms with Gasteiger partial charge in [-0.25, -0.2) is 9.59 Å². The highest BCUT2D eigenvalue weighted by Gasteiger charge is 2.74. The smallest absolute Gasteiger partial charge is 0.331 e. The summed E-state index contributed by atoms with van der Waals surface area (Å²) in [6, 6.07) is 41.9. The van der Waals surface area contributed by atoms with Gasteiger partial charge in [-0.1, -0.05) is 162 Å². The molecule has 7 nitrogen and oxygen atoms in total. The van der Waals surface area contributed by atoms with Crippen molar-refractivity contribution in [3.63, 3.8) is 0 Å². The molecule has 0 N–H and O–H groups in total. The first-order chi connectivity index (χ1) is 34.1. The van der Waals surface area contributed by atoms with Crippen LogP contribution in [0.5, 0.6) is 5.75 Å². The topological polar surface area (TPSA) is 88.1 Å². The first-order valence-corrected chi connectivity index (χ1v) is 26.5. The molecule has 0 aliphatic heterocycles. The number of ether oxygens (including phenoxy) is 4. The first-order valence-electron chi connectivity index (χ1n) is 26.5. The van der Waals surface area contributed by atoms with Gasteiger partial charge in [0.15, 0.2) is 0 Å². The molecule has 2 fully saturated rings. The summed E-state index contributed by atoms with van der Waals surface area (Å²) in [4.78, 5) is 34.4. The third-order valence-corrected chi connectivity index (χ3v) is 16.0. The van der Waals surface area contributed by atoms with E-state index >= 15 is 0 Å². The maximum Gasteiger partial charge on any atom is 0.331 e. The summed E-state index contributed by atoms with van der Waals surface area (Å²) >= 11 is 0. The average Bonchev–Trinajstić information content (AvgIpc) is 3.94. The van der Waals surface area contributed by atoms with Gasteiger partial charge in [-0.2, -0.15) is 0 Å². The van der Waals surface area contributed by atoms with E-state index in [1.807, 2.05) is 0 Å². The van der Waals surface area contributed by atoms with E-state index in [0.29, 0.717) is 6.61 Å². The predicted molar refractivity (Wildman–Crippen MR) is 282 cm³/mol. The third-order valence-electron chi connectivity index (χ3n) is 16.0. The molecule has 0 atom stereocenters. The van der Waals surface area contributed by atoms with Crippen LogP contribution < -0.4 is 4.74 Å². The van der Waals surface area contributed by atoms with Crippen LogP contribution in [0, 0.1) is 17.8 Å². The number of fused-ring (bicyclic) bond motifs is 3.